The van der Waals surface area contributed by atoms with Crippen LogP contribution in [0.1, 0.15) is 5.56 Å². The molecule has 0 radical (unpaired) electrons. The number of halogens is 2. The third-order valence-electron chi connectivity index (χ3n) is 3.33. The molecule has 2 aromatic carbocycles. The molecule has 0 fully saturated rings. The number of hydrogen-bond donors (Lipinski definition) is 0. The van der Waals surface area contributed by atoms with Crippen molar-refractivity contribution in [3.8, 4) is 0 Å². The van der Waals surface area contributed by atoms with E-state index in [2.05, 4.69) is 35.2 Å². The topological polar surface area (TPSA) is 3.24 Å². The van der Waals surface area contributed by atoms with Crippen LogP contribution in [0.5, 0.6) is 0 Å². The fourth-order valence-electron chi connectivity index (χ4n) is 2.28. The van der Waals surface area contributed by atoms with E-state index in [0.29, 0.717) is 0 Å². The molecule has 3 heteroatoms. The van der Waals surface area contributed by atoms with E-state index < -0.39 is 0 Å². The number of benzene rings is 2. The van der Waals surface area contributed by atoms with E-state index >= 15 is 0 Å². The van der Waals surface area contributed by atoms with Crippen LogP contribution < -0.4 is 4.90 Å². The number of hydrogen-bond acceptors (Lipinski definition) is 1. The molecule has 0 bridgehead atoms. The Morgan fingerprint density at radius 3 is 2.00 bits per heavy atom. The van der Waals surface area contributed by atoms with Crippen molar-refractivity contribution < 1.29 is 0 Å². The quantitative estimate of drug-likeness (QED) is 0.760. The lowest BCUT2D eigenvalue weighted by Crippen LogP contribution is -2.19. The van der Waals surface area contributed by atoms with Gasteiger partial charge in [-0.1, -0.05) is 41.4 Å². The number of anilines is 1. The lowest BCUT2D eigenvalue weighted by atomic mass is 10.1. The number of rotatable bonds is 2. The zero-order valence-electron chi connectivity index (χ0n) is 10.3. The summed E-state index contributed by atoms with van der Waals surface area (Å²) in [5.41, 5.74) is 3.78. The molecule has 1 nitrogen and oxygen atoms in total. The van der Waals surface area contributed by atoms with E-state index in [0.717, 1.165) is 23.1 Å². The predicted octanol–water partition coefficient (Wildman–Crippen LogP) is 4.90. The van der Waals surface area contributed by atoms with E-state index in [9.17, 15) is 0 Å². The molecule has 0 spiro atoms. The molecule has 19 heavy (non-hydrogen) atoms. The molecule has 0 atom stereocenters. The molecule has 96 valence electrons. The highest BCUT2D eigenvalue weighted by Crippen LogP contribution is 2.27. The summed E-state index contributed by atoms with van der Waals surface area (Å²) in [4.78, 5) is 2.32. The Morgan fingerprint density at radius 1 is 0.789 bits per heavy atom. The van der Waals surface area contributed by atoms with Gasteiger partial charge >= 0.3 is 0 Å². The summed E-state index contributed by atoms with van der Waals surface area (Å²) in [5, 5.41) is 1.55. The third-order valence-corrected chi connectivity index (χ3v) is 3.83. The minimum absolute atomic E-state index is 0.772. The van der Waals surface area contributed by atoms with Gasteiger partial charge in [0.2, 0.25) is 0 Å². The molecule has 0 amide bonds. The molecule has 1 aliphatic rings. The SMILES string of the molecule is Clc1ccc(C2=CCN(c3ccc(Cl)cc3)C2)cc1. The highest BCUT2D eigenvalue weighted by Gasteiger charge is 2.15. The Hall–Kier alpha value is -1.44. The van der Waals surface area contributed by atoms with E-state index in [4.69, 9.17) is 23.2 Å². The van der Waals surface area contributed by atoms with Gasteiger partial charge in [-0.25, -0.2) is 0 Å². The molecular formula is C16H13Cl2N. The highest BCUT2D eigenvalue weighted by atomic mass is 35.5. The summed E-state index contributed by atoms with van der Waals surface area (Å²) < 4.78 is 0. The Morgan fingerprint density at radius 2 is 1.37 bits per heavy atom. The van der Waals surface area contributed by atoms with Crippen LogP contribution in [0.2, 0.25) is 10.0 Å². The van der Waals surface area contributed by atoms with E-state index in [1.807, 2.05) is 24.3 Å². The molecular weight excluding hydrogens is 277 g/mol. The smallest absolute Gasteiger partial charge is 0.0436 e. The lowest BCUT2D eigenvalue weighted by molar-refractivity contribution is 1.01. The summed E-state index contributed by atoms with van der Waals surface area (Å²) in [6.07, 6.45) is 2.26. The molecule has 1 aliphatic heterocycles. The summed E-state index contributed by atoms with van der Waals surface area (Å²) >= 11 is 11.8. The average Bonchev–Trinajstić information content (AvgIpc) is 2.90. The monoisotopic (exact) mass is 289 g/mol. The van der Waals surface area contributed by atoms with Gasteiger partial charge in [-0.2, -0.15) is 0 Å². The van der Waals surface area contributed by atoms with Crippen molar-refractivity contribution in [3.05, 3.63) is 70.2 Å². The second-order valence-corrected chi connectivity index (χ2v) is 5.47. The molecule has 0 N–H and O–H groups in total. The summed E-state index contributed by atoms with van der Waals surface area (Å²) in [6.45, 7) is 1.85. The molecule has 3 rings (SSSR count). The fraction of sp³-hybridized carbons (Fsp3) is 0.125. The van der Waals surface area contributed by atoms with Crippen LogP contribution in [0.4, 0.5) is 5.69 Å². The standard InChI is InChI=1S/C16H13Cl2N/c17-14-3-1-12(2-4-14)13-9-10-19(11-13)16-7-5-15(18)6-8-16/h1-9H,10-11H2. The zero-order valence-corrected chi connectivity index (χ0v) is 11.8. The minimum atomic E-state index is 0.772. The number of nitrogens with zero attached hydrogens (tertiary/aromatic N) is 1. The Bertz CT molecular complexity index is 600. The van der Waals surface area contributed by atoms with E-state index in [-0.39, 0.29) is 0 Å². The molecule has 2 aromatic rings. The summed E-state index contributed by atoms with van der Waals surface area (Å²) in [7, 11) is 0. The van der Waals surface area contributed by atoms with Gasteiger partial charge < -0.3 is 4.90 Å². The average molecular weight is 290 g/mol. The van der Waals surface area contributed by atoms with Gasteiger partial charge in [-0.3, -0.25) is 0 Å². The maximum Gasteiger partial charge on any atom is 0.0436 e. The van der Waals surface area contributed by atoms with Gasteiger partial charge in [0.15, 0.2) is 0 Å². The first kappa shape index (κ1) is 12.6. The Kier molecular flexibility index (Phi) is 3.50. The molecule has 0 aliphatic carbocycles. The van der Waals surface area contributed by atoms with Crippen LogP contribution in [-0.4, -0.2) is 13.1 Å². The molecule has 0 saturated carbocycles. The molecule has 0 unspecified atom stereocenters. The van der Waals surface area contributed by atoms with Gasteiger partial charge in [-0.05, 0) is 47.5 Å². The Balaban J connectivity index is 1.76. The fourth-order valence-corrected chi connectivity index (χ4v) is 2.53. The summed E-state index contributed by atoms with van der Waals surface area (Å²) in [6, 6.07) is 16.0. The van der Waals surface area contributed by atoms with Crippen LogP contribution >= 0.6 is 23.2 Å². The molecule has 0 aromatic heterocycles. The van der Waals surface area contributed by atoms with Crippen molar-refractivity contribution in [3.63, 3.8) is 0 Å². The van der Waals surface area contributed by atoms with Crippen molar-refractivity contribution in [1.29, 1.82) is 0 Å². The van der Waals surface area contributed by atoms with Gasteiger partial charge in [0.1, 0.15) is 0 Å². The van der Waals surface area contributed by atoms with Gasteiger partial charge in [-0.15, -0.1) is 0 Å². The summed E-state index contributed by atoms with van der Waals surface area (Å²) in [5.74, 6) is 0. The van der Waals surface area contributed by atoms with Crippen LogP contribution in [0.15, 0.2) is 54.6 Å². The second-order valence-electron chi connectivity index (χ2n) is 4.59. The molecule has 1 heterocycles. The van der Waals surface area contributed by atoms with Crippen LogP contribution in [0.3, 0.4) is 0 Å². The lowest BCUT2D eigenvalue weighted by Gasteiger charge is -2.18. The second kappa shape index (κ2) is 5.28. The maximum atomic E-state index is 5.92. The van der Waals surface area contributed by atoms with Crippen molar-refractivity contribution in [2.75, 3.05) is 18.0 Å². The normalized spacial score (nSPS) is 14.6. The first-order valence-corrected chi connectivity index (χ1v) is 6.93. The first-order chi connectivity index (χ1) is 9.22. The highest BCUT2D eigenvalue weighted by molar-refractivity contribution is 6.30. The van der Waals surface area contributed by atoms with Crippen molar-refractivity contribution in [2.45, 2.75) is 0 Å². The third kappa shape index (κ3) is 2.78. The maximum absolute atomic E-state index is 5.92. The van der Waals surface area contributed by atoms with Gasteiger partial charge in [0, 0.05) is 28.8 Å². The Labute approximate surface area is 123 Å². The van der Waals surface area contributed by atoms with E-state index in [1.165, 1.54) is 16.8 Å². The van der Waals surface area contributed by atoms with Gasteiger partial charge in [0.05, 0.1) is 0 Å². The van der Waals surface area contributed by atoms with Crippen LogP contribution in [0.25, 0.3) is 5.57 Å². The van der Waals surface area contributed by atoms with Crippen LogP contribution in [0, 0.1) is 0 Å². The van der Waals surface area contributed by atoms with Gasteiger partial charge in [0.25, 0.3) is 0 Å². The van der Waals surface area contributed by atoms with Crippen LogP contribution in [-0.2, 0) is 0 Å². The van der Waals surface area contributed by atoms with Crippen molar-refractivity contribution in [2.24, 2.45) is 0 Å². The predicted molar refractivity (Wildman–Crippen MR) is 83.1 cm³/mol. The molecule has 0 saturated heterocycles. The van der Waals surface area contributed by atoms with Crippen molar-refractivity contribution in [1.82, 2.24) is 0 Å². The van der Waals surface area contributed by atoms with E-state index in [1.54, 1.807) is 0 Å². The largest absolute Gasteiger partial charge is 0.363 e. The first-order valence-electron chi connectivity index (χ1n) is 6.18. The zero-order chi connectivity index (χ0) is 13.2. The minimum Gasteiger partial charge on any atom is -0.363 e. The van der Waals surface area contributed by atoms with Crippen molar-refractivity contribution >= 4 is 34.5 Å².